The molecule has 2 heterocycles. The number of hydrogen-bond acceptors (Lipinski definition) is 3. The molecule has 0 saturated carbocycles. The molecule has 0 fully saturated rings. The monoisotopic (exact) mass is 364 g/mol. The van der Waals surface area contributed by atoms with Gasteiger partial charge < -0.3 is 16.0 Å². The number of aromatic nitrogens is 2. The van der Waals surface area contributed by atoms with Crippen LogP contribution >= 0.6 is 27.5 Å². The SMILES string of the molecule is Nc1ccc2[nH]cc(C(=O)Nc3cc(Br)cnc3Cl)c2c1. The number of anilines is 2. The first kappa shape index (κ1) is 13.9. The molecule has 1 aromatic carbocycles. The first-order chi connectivity index (χ1) is 10.0. The lowest BCUT2D eigenvalue weighted by Gasteiger charge is -2.06. The van der Waals surface area contributed by atoms with E-state index in [0.717, 1.165) is 15.4 Å². The van der Waals surface area contributed by atoms with E-state index in [4.69, 9.17) is 17.3 Å². The van der Waals surface area contributed by atoms with E-state index in [9.17, 15) is 4.79 Å². The van der Waals surface area contributed by atoms with Gasteiger partial charge in [-0.3, -0.25) is 4.79 Å². The summed E-state index contributed by atoms with van der Waals surface area (Å²) in [5.74, 6) is -0.284. The smallest absolute Gasteiger partial charge is 0.257 e. The van der Waals surface area contributed by atoms with E-state index >= 15 is 0 Å². The molecule has 3 aromatic rings. The van der Waals surface area contributed by atoms with E-state index in [1.54, 1.807) is 30.6 Å². The minimum Gasteiger partial charge on any atom is -0.399 e. The highest BCUT2D eigenvalue weighted by Crippen LogP contribution is 2.26. The standard InChI is InChI=1S/C14H10BrClN4O/c15-7-3-12(13(16)19-5-7)20-14(21)10-6-18-11-2-1-8(17)4-9(10)11/h1-6,18H,17H2,(H,20,21). The zero-order valence-corrected chi connectivity index (χ0v) is 13.0. The quantitative estimate of drug-likeness (QED) is 0.477. The Balaban J connectivity index is 1.97. The zero-order chi connectivity index (χ0) is 15.0. The lowest BCUT2D eigenvalue weighted by molar-refractivity contribution is 0.102. The Bertz CT molecular complexity index is 846. The van der Waals surface area contributed by atoms with Crippen molar-refractivity contribution in [1.29, 1.82) is 0 Å². The zero-order valence-electron chi connectivity index (χ0n) is 10.7. The fourth-order valence-electron chi connectivity index (χ4n) is 2.03. The molecule has 1 amide bonds. The van der Waals surface area contributed by atoms with Crippen molar-refractivity contribution in [3.63, 3.8) is 0 Å². The number of amides is 1. The van der Waals surface area contributed by atoms with Crippen LogP contribution in [-0.4, -0.2) is 15.9 Å². The number of nitrogen functional groups attached to an aromatic ring is 1. The van der Waals surface area contributed by atoms with Gasteiger partial charge in [-0.1, -0.05) is 11.6 Å². The lowest BCUT2D eigenvalue weighted by atomic mass is 10.1. The molecule has 2 aromatic heterocycles. The van der Waals surface area contributed by atoms with Gasteiger partial charge in [0.15, 0.2) is 5.15 Å². The average Bonchev–Trinajstić information content (AvgIpc) is 2.85. The van der Waals surface area contributed by atoms with Gasteiger partial charge in [-0.2, -0.15) is 0 Å². The number of hydrogen-bond donors (Lipinski definition) is 3. The van der Waals surface area contributed by atoms with Crippen LogP contribution in [0.25, 0.3) is 10.9 Å². The highest BCUT2D eigenvalue weighted by Gasteiger charge is 2.14. The largest absolute Gasteiger partial charge is 0.399 e. The van der Waals surface area contributed by atoms with Gasteiger partial charge in [-0.05, 0) is 40.2 Å². The number of rotatable bonds is 2. The summed E-state index contributed by atoms with van der Waals surface area (Å²) >= 11 is 9.26. The van der Waals surface area contributed by atoms with Crippen molar-refractivity contribution in [3.8, 4) is 0 Å². The predicted molar refractivity (Wildman–Crippen MR) is 87.6 cm³/mol. The second-order valence-corrected chi connectivity index (χ2v) is 5.73. The molecule has 21 heavy (non-hydrogen) atoms. The summed E-state index contributed by atoms with van der Waals surface area (Å²) in [6.45, 7) is 0. The van der Waals surface area contributed by atoms with Crippen LogP contribution in [0.15, 0.2) is 41.1 Å². The van der Waals surface area contributed by atoms with E-state index in [-0.39, 0.29) is 11.1 Å². The van der Waals surface area contributed by atoms with Crippen LogP contribution < -0.4 is 11.1 Å². The minimum atomic E-state index is -0.284. The van der Waals surface area contributed by atoms with Gasteiger partial charge >= 0.3 is 0 Å². The van der Waals surface area contributed by atoms with Gasteiger partial charge in [0, 0.05) is 33.5 Å². The van der Waals surface area contributed by atoms with E-state index in [1.807, 2.05) is 6.07 Å². The van der Waals surface area contributed by atoms with Crippen molar-refractivity contribution in [2.24, 2.45) is 0 Å². The topological polar surface area (TPSA) is 83.8 Å². The molecule has 0 aliphatic rings. The highest BCUT2D eigenvalue weighted by atomic mass is 79.9. The molecule has 4 N–H and O–H groups in total. The summed E-state index contributed by atoms with van der Waals surface area (Å²) in [6, 6.07) is 7.04. The molecule has 7 heteroatoms. The van der Waals surface area contributed by atoms with Crippen molar-refractivity contribution in [2.45, 2.75) is 0 Å². The molecule has 106 valence electrons. The summed E-state index contributed by atoms with van der Waals surface area (Å²) in [7, 11) is 0. The third-order valence-electron chi connectivity index (χ3n) is 3.00. The fraction of sp³-hybridized carbons (Fsp3) is 0. The van der Waals surface area contributed by atoms with Crippen molar-refractivity contribution < 1.29 is 4.79 Å². The summed E-state index contributed by atoms with van der Waals surface area (Å²) < 4.78 is 0.727. The Hall–Kier alpha value is -2.05. The number of nitrogens with two attached hydrogens (primary N) is 1. The van der Waals surface area contributed by atoms with Gasteiger partial charge in [-0.15, -0.1) is 0 Å². The normalized spacial score (nSPS) is 10.8. The second-order valence-electron chi connectivity index (χ2n) is 4.45. The Kier molecular flexibility index (Phi) is 3.57. The number of nitrogens with one attached hydrogen (secondary N) is 2. The number of benzene rings is 1. The third kappa shape index (κ3) is 2.72. The lowest BCUT2D eigenvalue weighted by Crippen LogP contribution is -2.12. The number of fused-ring (bicyclic) bond motifs is 1. The molecule has 5 nitrogen and oxygen atoms in total. The molecular formula is C14H10BrClN4O. The van der Waals surface area contributed by atoms with E-state index in [0.29, 0.717) is 16.9 Å². The van der Waals surface area contributed by atoms with E-state index in [1.165, 1.54) is 0 Å². The molecule has 0 aliphatic carbocycles. The predicted octanol–water partition coefficient (Wildman–Crippen LogP) is 3.81. The maximum absolute atomic E-state index is 12.4. The third-order valence-corrected chi connectivity index (χ3v) is 3.74. The minimum absolute atomic E-state index is 0.228. The molecule has 0 atom stereocenters. The number of halogens is 2. The van der Waals surface area contributed by atoms with Gasteiger partial charge in [0.2, 0.25) is 0 Å². The molecule has 3 rings (SSSR count). The second kappa shape index (κ2) is 5.38. The molecule has 0 aliphatic heterocycles. The van der Waals surface area contributed by atoms with Crippen LogP contribution in [0.2, 0.25) is 5.15 Å². The number of carbonyl (C=O) groups excluding carboxylic acids is 1. The van der Waals surface area contributed by atoms with Crippen LogP contribution in [0.5, 0.6) is 0 Å². The van der Waals surface area contributed by atoms with Crippen molar-refractivity contribution in [1.82, 2.24) is 9.97 Å². The maximum Gasteiger partial charge on any atom is 0.257 e. The van der Waals surface area contributed by atoms with Crippen LogP contribution in [-0.2, 0) is 0 Å². The number of aromatic amines is 1. The average molecular weight is 366 g/mol. The van der Waals surface area contributed by atoms with Crippen molar-refractivity contribution in [3.05, 3.63) is 51.8 Å². The van der Waals surface area contributed by atoms with E-state index < -0.39 is 0 Å². The molecule has 0 bridgehead atoms. The fourth-order valence-corrected chi connectivity index (χ4v) is 2.51. The van der Waals surface area contributed by atoms with Gasteiger partial charge in [0.25, 0.3) is 5.91 Å². The molecular weight excluding hydrogens is 356 g/mol. The number of pyridine rings is 1. The molecule has 0 radical (unpaired) electrons. The van der Waals surface area contributed by atoms with Gasteiger partial charge in [-0.25, -0.2) is 4.98 Å². The van der Waals surface area contributed by atoms with Gasteiger partial charge in [0.1, 0.15) is 0 Å². The maximum atomic E-state index is 12.4. The summed E-state index contributed by atoms with van der Waals surface area (Å²) in [5.41, 5.74) is 8.13. The Morgan fingerprint density at radius 3 is 3.00 bits per heavy atom. The Morgan fingerprint density at radius 1 is 1.38 bits per heavy atom. The van der Waals surface area contributed by atoms with Crippen LogP contribution in [0.4, 0.5) is 11.4 Å². The molecule has 0 saturated heterocycles. The summed E-state index contributed by atoms with van der Waals surface area (Å²) in [4.78, 5) is 19.4. The Morgan fingerprint density at radius 2 is 2.19 bits per heavy atom. The van der Waals surface area contributed by atoms with Crippen LogP contribution in [0.3, 0.4) is 0 Å². The number of H-pyrrole nitrogens is 1. The van der Waals surface area contributed by atoms with Crippen LogP contribution in [0, 0.1) is 0 Å². The summed E-state index contributed by atoms with van der Waals surface area (Å²) in [6.07, 6.45) is 3.20. The highest BCUT2D eigenvalue weighted by molar-refractivity contribution is 9.10. The first-order valence-corrected chi connectivity index (χ1v) is 7.20. The number of nitrogens with zero attached hydrogens (tertiary/aromatic N) is 1. The van der Waals surface area contributed by atoms with E-state index in [2.05, 4.69) is 31.2 Å². The molecule has 0 spiro atoms. The summed E-state index contributed by atoms with van der Waals surface area (Å²) in [5, 5.41) is 3.72. The van der Waals surface area contributed by atoms with Crippen molar-refractivity contribution in [2.75, 3.05) is 11.1 Å². The Labute approximate surface area is 133 Å². The molecule has 0 unspecified atom stereocenters. The number of carbonyl (C=O) groups is 1. The van der Waals surface area contributed by atoms with Gasteiger partial charge in [0.05, 0.1) is 11.3 Å². The van der Waals surface area contributed by atoms with Crippen molar-refractivity contribution >= 4 is 55.7 Å². The first-order valence-electron chi connectivity index (χ1n) is 6.03. The van der Waals surface area contributed by atoms with Crippen LogP contribution in [0.1, 0.15) is 10.4 Å².